The lowest BCUT2D eigenvalue weighted by Gasteiger charge is -2.10. The zero-order chi connectivity index (χ0) is 15.2. The number of hydrogen-bond donors (Lipinski definition) is 1. The highest BCUT2D eigenvalue weighted by atomic mass is 35.6. The molecule has 0 aliphatic rings. The summed E-state index contributed by atoms with van der Waals surface area (Å²) >= 11 is 17.4. The molecular formula is C10H11Cl3N2O4S. The maximum absolute atomic E-state index is 11.4. The molecule has 0 aliphatic heterocycles. The molecule has 1 heterocycles. The van der Waals surface area contributed by atoms with Crippen molar-refractivity contribution in [3.8, 4) is 0 Å². The molecule has 10 heteroatoms. The molecule has 0 bridgehead atoms. The summed E-state index contributed by atoms with van der Waals surface area (Å²) in [6.07, 6.45) is -0.761. The minimum absolute atomic E-state index is 0.0369. The molecule has 1 aromatic rings. The number of aromatic nitrogens is 1. The van der Waals surface area contributed by atoms with Gasteiger partial charge in [0.25, 0.3) is 0 Å². The zero-order valence-electron chi connectivity index (χ0n) is 10.3. The van der Waals surface area contributed by atoms with Crippen molar-refractivity contribution in [1.29, 1.82) is 0 Å². The van der Waals surface area contributed by atoms with Gasteiger partial charge in [-0.3, -0.25) is 10.1 Å². The second-order valence-corrected chi connectivity index (χ2v) is 6.82. The number of anilines is 1. The number of carbonyl (C=O) groups excluding carboxylic acids is 2. The normalized spacial score (nSPS) is 11.0. The van der Waals surface area contributed by atoms with Crippen LogP contribution in [0.4, 0.5) is 9.93 Å². The van der Waals surface area contributed by atoms with Gasteiger partial charge in [-0.25, -0.2) is 9.78 Å². The molecule has 6 nitrogen and oxygen atoms in total. The second-order valence-electron chi connectivity index (χ2n) is 3.44. The fourth-order valence-electron chi connectivity index (χ4n) is 1.08. The lowest BCUT2D eigenvalue weighted by molar-refractivity contribution is -0.142. The maximum atomic E-state index is 11.4. The molecular weight excluding hydrogens is 351 g/mol. The standard InChI is InChI=1S/C10H11Cl3N2O4S/c1-2-18-7(16)3-6-4-20-8(14-6)15-9(17)19-5-10(11,12)13/h4H,2-3,5H2,1H3,(H,14,15,17). The summed E-state index contributed by atoms with van der Waals surface area (Å²) in [4.78, 5) is 26.6. The third-order valence-corrected chi connectivity index (χ3v) is 2.89. The summed E-state index contributed by atoms with van der Waals surface area (Å²) < 4.78 is 7.78. The van der Waals surface area contributed by atoms with Gasteiger partial charge in [0.15, 0.2) is 5.13 Å². The van der Waals surface area contributed by atoms with Crippen LogP contribution in [0.3, 0.4) is 0 Å². The smallest absolute Gasteiger partial charge is 0.413 e. The Balaban J connectivity index is 2.43. The highest BCUT2D eigenvalue weighted by Crippen LogP contribution is 2.26. The Morgan fingerprint density at radius 2 is 2.10 bits per heavy atom. The highest BCUT2D eigenvalue weighted by molar-refractivity contribution is 7.13. The highest BCUT2D eigenvalue weighted by Gasteiger charge is 2.22. The van der Waals surface area contributed by atoms with Gasteiger partial charge >= 0.3 is 12.1 Å². The van der Waals surface area contributed by atoms with E-state index in [2.05, 4.69) is 15.0 Å². The molecule has 0 fully saturated rings. The number of esters is 1. The van der Waals surface area contributed by atoms with Gasteiger partial charge in [-0.05, 0) is 6.92 Å². The van der Waals surface area contributed by atoms with Gasteiger partial charge < -0.3 is 9.47 Å². The first-order valence-electron chi connectivity index (χ1n) is 5.40. The van der Waals surface area contributed by atoms with E-state index in [9.17, 15) is 9.59 Å². The fourth-order valence-corrected chi connectivity index (χ4v) is 1.94. The van der Waals surface area contributed by atoms with Crippen molar-refractivity contribution in [3.63, 3.8) is 0 Å². The van der Waals surface area contributed by atoms with Gasteiger partial charge in [0.05, 0.1) is 18.7 Å². The molecule has 1 rings (SSSR count). The van der Waals surface area contributed by atoms with Gasteiger partial charge in [-0.2, -0.15) is 0 Å². The van der Waals surface area contributed by atoms with E-state index in [-0.39, 0.29) is 24.1 Å². The quantitative estimate of drug-likeness (QED) is 0.644. The van der Waals surface area contributed by atoms with Gasteiger partial charge in [0.1, 0.15) is 6.61 Å². The van der Waals surface area contributed by atoms with Gasteiger partial charge in [-0.1, -0.05) is 34.8 Å². The number of carbonyl (C=O) groups is 2. The van der Waals surface area contributed by atoms with Gasteiger partial charge in [0, 0.05) is 5.38 Å². The van der Waals surface area contributed by atoms with Crippen molar-refractivity contribution in [2.75, 3.05) is 18.5 Å². The topological polar surface area (TPSA) is 77.5 Å². The van der Waals surface area contributed by atoms with Crippen molar-refractivity contribution in [2.24, 2.45) is 0 Å². The largest absolute Gasteiger partial charge is 0.466 e. The summed E-state index contributed by atoms with van der Waals surface area (Å²) in [7, 11) is 0. The molecule has 0 atom stereocenters. The number of nitrogens with zero attached hydrogens (tertiary/aromatic N) is 1. The van der Waals surface area contributed by atoms with Crippen LogP contribution in [0.5, 0.6) is 0 Å². The van der Waals surface area contributed by atoms with Crippen molar-refractivity contribution >= 4 is 63.3 Å². The minimum atomic E-state index is -1.67. The molecule has 0 aliphatic carbocycles. The summed E-state index contributed by atoms with van der Waals surface area (Å²) in [6.45, 7) is 1.63. The lowest BCUT2D eigenvalue weighted by Crippen LogP contribution is -2.21. The fraction of sp³-hybridized carbons (Fsp3) is 0.500. The van der Waals surface area contributed by atoms with Crippen LogP contribution < -0.4 is 5.32 Å². The van der Waals surface area contributed by atoms with E-state index in [1.165, 1.54) is 0 Å². The Kier molecular flexibility index (Phi) is 6.81. The van der Waals surface area contributed by atoms with Crippen LogP contribution in [-0.4, -0.2) is 34.1 Å². The van der Waals surface area contributed by atoms with E-state index in [1.54, 1.807) is 12.3 Å². The van der Waals surface area contributed by atoms with Crippen molar-refractivity contribution in [2.45, 2.75) is 17.1 Å². The Bertz CT molecular complexity index is 475. The average Bonchev–Trinajstić information content (AvgIpc) is 2.73. The van der Waals surface area contributed by atoms with Crippen LogP contribution in [0, 0.1) is 0 Å². The van der Waals surface area contributed by atoms with Gasteiger partial charge in [-0.15, -0.1) is 11.3 Å². The number of alkyl halides is 3. The number of hydrogen-bond acceptors (Lipinski definition) is 6. The summed E-state index contributed by atoms with van der Waals surface area (Å²) in [5, 5.41) is 4.26. The summed E-state index contributed by atoms with van der Waals surface area (Å²) in [5.41, 5.74) is 0.491. The SMILES string of the molecule is CCOC(=O)Cc1csc(NC(=O)OCC(Cl)(Cl)Cl)n1. The second kappa shape index (κ2) is 7.87. The Labute approximate surface area is 134 Å². The van der Waals surface area contributed by atoms with E-state index in [0.29, 0.717) is 12.3 Å². The van der Waals surface area contributed by atoms with Crippen LogP contribution in [-0.2, 0) is 20.7 Å². The third kappa shape index (κ3) is 7.14. The Morgan fingerprint density at radius 3 is 2.70 bits per heavy atom. The maximum Gasteiger partial charge on any atom is 0.413 e. The van der Waals surface area contributed by atoms with Crippen LogP contribution in [0.2, 0.25) is 0 Å². The molecule has 1 aromatic heterocycles. The van der Waals surface area contributed by atoms with E-state index in [1.807, 2.05) is 0 Å². The van der Waals surface area contributed by atoms with Crippen molar-refractivity contribution < 1.29 is 19.1 Å². The number of rotatable bonds is 5. The molecule has 0 spiro atoms. The molecule has 0 saturated heterocycles. The monoisotopic (exact) mass is 360 g/mol. The minimum Gasteiger partial charge on any atom is -0.466 e. The summed E-state index contributed by atoms with van der Waals surface area (Å²) in [5.74, 6) is -0.386. The first-order valence-corrected chi connectivity index (χ1v) is 7.42. The van der Waals surface area contributed by atoms with Crippen LogP contribution in [0.15, 0.2) is 5.38 Å². The van der Waals surface area contributed by atoms with Crippen molar-refractivity contribution in [1.82, 2.24) is 4.98 Å². The number of nitrogens with one attached hydrogen (secondary N) is 1. The molecule has 1 N–H and O–H groups in total. The predicted octanol–water partition coefficient (Wildman–Crippen LogP) is 3.17. The van der Waals surface area contributed by atoms with Gasteiger partial charge in [0.2, 0.25) is 3.79 Å². The third-order valence-electron chi connectivity index (χ3n) is 1.76. The number of thiazole rings is 1. The molecule has 20 heavy (non-hydrogen) atoms. The molecule has 0 saturated carbocycles. The van der Waals surface area contributed by atoms with Crippen LogP contribution >= 0.6 is 46.1 Å². The van der Waals surface area contributed by atoms with Crippen LogP contribution in [0.25, 0.3) is 0 Å². The molecule has 0 aromatic carbocycles. The van der Waals surface area contributed by atoms with E-state index in [0.717, 1.165) is 11.3 Å². The Hall–Kier alpha value is -0.760. The molecule has 112 valence electrons. The first-order chi connectivity index (χ1) is 9.30. The Morgan fingerprint density at radius 1 is 1.40 bits per heavy atom. The van der Waals surface area contributed by atoms with E-state index < -0.39 is 9.89 Å². The summed E-state index contributed by atoms with van der Waals surface area (Å²) in [6, 6.07) is 0. The predicted molar refractivity (Wildman–Crippen MR) is 77.7 cm³/mol. The number of amides is 1. The van der Waals surface area contributed by atoms with E-state index >= 15 is 0 Å². The molecule has 1 amide bonds. The van der Waals surface area contributed by atoms with E-state index in [4.69, 9.17) is 39.5 Å². The zero-order valence-corrected chi connectivity index (χ0v) is 13.4. The van der Waals surface area contributed by atoms with Crippen molar-refractivity contribution in [3.05, 3.63) is 11.1 Å². The molecule has 0 radical (unpaired) electrons. The average molecular weight is 362 g/mol. The number of halogens is 3. The first kappa shape index (κ1) is 17.3. The molecule has 0 unspecified atom stereocenters. The van der Waals surface area contributed by atoms with Crippen LogP contribution in [0.1, 0.15) is 12.6 Å². The number of ether oxygens (including phenoxy) is 2. The lowest BCUT2D eigenvalue weighted by atomic mass is 10.3.